The van der Waals surface area contributed by atoms with E-state index in [0.717, 1.165) is 13.1 Å². The molecule has 0 radical (unpaired) electrons. The zero-order valence-electron chi connectivity index (χ0n) is 13.2. The lowest BCUT2D eigenvalue weighted by Crippen LogP contribution is -2.51. The average molecular weight is 275 g/mol. The summed E-state index contributed by atoms with van der Waals surface area (Å²) in [5.41, 5.74) is 1.43. The minimum absolute atomic E-state index is 0.668. The third-order valence-corrected chi connectivity index (χ3v) is 4.58. The molecule has 1 saturated heterocycles. The van der Waals surface area contributed by atoms with E-state index >= 15 is 0 Å². The van der Waals surface area contributed by atoms with Crippen LogP contribution in [0.2, 0.25) is 0 Å². The Morgan fingerprint density at radius 2 is 1.70 bits per heavy atom. The third-order valence-electron chi connectivity index (χ3n) is 4.58. The van der Waals surface area contributed by atoms with Gasteiger partial charge in [0.15, 0.2) is 0 Å². The van der Waals surface area contributed by atoms with Crippen LogP contribution >= 0.6 is 0 Å². The molecule has 3 nitrogen and oxygen atoms in total. The van der Waals surface area contributed by atoms with E-state index in [1.165, 1.54) is 31.7 Å². The van der Waals surface area contributed by atoms with Crippen molar-refractivity contribution < 1.29 is 0 Å². The molecule has 0 spiro atoms. The van der Waals surface area contributed by atoms with Crippen LogP contribution in [-0.4, -0.2) is 55.6 Å². The van der Waals surface area contributed by atoms with E-state index in [2.05, 4.69) is 59.3 Å². The van der Waals surface area contributed by atoms with Crippen LogP contribution in [0.5, 0.6) is 0 Å². The van der Waals surface area contributed by atoms with Crippen LogP contribution in [0.15, 0.2) is 30.3 Å². The van der Waals surface area contributed by atoms with Crippen LogP contribution in [0.25, 0.3) is 0 Å². The summed E-state index contributed by atoms with van der Waals surface area (Å²) in [6, 6.07) is 11.5. The van der Waals surface area contributed by atoms with Gasteiger partial charge < -0.3 is 5.32 Å². The van der Waals surface area contributed by atoms with Crippen LogP contribution in [0.3, 0.4) is 0 Å². The summed E-state index contributed by atoms with van der Waals surface area (Å²) in [6.07, 6.45) is 0. The van der Waals surface area contributed by atoms with Gasteiger partial charge in [0.2, 0.25) is 0 Å². The zero-order chi connectivity index (χ0) is 14.4. The number of hydrogen-bond acceptors (Lipinski definition) is 3. The lowest BCUT2D eigenvalue weighted by molar-refractivity contribution is 0.0773. The van der Waals surface area contributed by atoms with Crippen molar-refractivity contribution in [2.24, 2.45) is 5.92 Å². The highest BCUT2D eigenvalue weighted by Gasteiger charge is 2.24. The van der Waals surface area contributed by atoms with E-state index in [0.29, 0.717) is 12.0 Å². The average Bonchev–Trinajstić information content (AvgIpc) is 2.48. The Morgan fingerprint density at radius 3 is 2.30 bits per heavy atom. The Morgan fingerprint density at radius 1 is 1.05 bits per heavy atom. The van der Waals surface area contributed by atoms with Crippen LogP contribution in [0, 0.1) is 5.92 Å². The van der Waals surface area contributed by atoms with Gasteiger partial charge in [0.1, 0.15) is 0 Å². The molecule has 2 unspecified atom stereocenters. The van der Waals surface area contributed by atoms with Gasteiger partial charge in [-0.2, -0.15) is 0 Å². The van der Waals surface area contributed by atoms with Gasteiger partial charge in [0.05, 0.1) is 0 Å². The lowest BCUT2D eigenvalue weighted by atomic mass is 10.0. The topological polar surface area (TPSA) is 18.5 Å². The van der Waals surface area contributed by atoms with Gasteiger partial charge >= 0.3 is 0 Å². The molecular formula is C17H29N3. The molecule has 1 N–H and O–H groups in total. The SMILES string of the molecule is CNCC(C)C(C)N1CCN(Cc2ccccc2)CC1. The van der Waals surface area contributed by atoms with Crippen molar-refractivity contribution in [3.05, 3.63) is 35.9 Å². The van der Waals surface area contributed by atoms with E-state index in [4.69, 9.17) is 0 Å². The molecule has 2 atom stereocenters. The maximum Gasteiger partial charge on any atom is 0.0234 e. The van der Waals surface area contributed by atoms with E-state index in [-0.39, 0.29) is 0 Å². The fourth-order valence-electron chi connectivity index (χ4n) is 3.02. The first-order chi connectivity index (χ1) is 9.70. The number of nitrogens with zero attached hydrogens (tertiary/aromatic N) is 2. The van der Waals surface area contributed by atoms with Crippen LogP contribution in [0.4, 0.5) is 0 Å². The summed E-state index contributed by atoms with van der Waals surface area (Å²) >= 11 is 0. The Hall–Kier alpha value is -0.900. The van der Waals surface area contributed by atoms with E-state index in [1.54, 1.807) is 0 Å². The van der Waals surface area contributed by atoms with Crippen molar-refractivity contribution >= 4 is 0 Å². The molecule has 1 aliphatic heterocycles. The monoisotopic (exact) mass is 275 g/mol. The van der Waals surface area contributed by atoms with Crippen molar-refractivity contribution in [2.45, 2.75) is 26.4 Å². The van der Waals surface area contributed by atoms with Crippen molar-refractivity contribution in [1.82, 2.24) is 15.1 Å². The molecule has 1 heterocycles. The number of hydrogen-bond donors (Lipinski definition) is 1. The normalized spacial score (nSPS) is 20.8. The highest BCUT2D eigenvalue weighted by Crippen LogP contribution is 2.14. The molecule has 0 aromatic heterocycles. The van der Waals surface area contributed by atoms with Crippen molar-refractivity contribution in [3.8, 4) is 0 Å². The molecule has 20 heavy (non-hydrogen) atoms. The molecule has 2 rings (SSSR count). The number of piperazine rings is 1. The number of nitrogens with one attached hydrogen (secondary N) is 1. The Kier molecular flexibility index (Phi) is 6.02. The van der Waals surface area contributed by atoms with Crippen LogP contribution in [0.1, 0.15) is 19.4 Å². The second kappa shape index (κ2) is 7.77. The van der Waals surface area contributed by atoms with E-state index in [9.17, 15) is 0 Å². The first-order valence-electron chi connectivity index (χ1n) is 7.85. The second-order valence-corrected chi connectivity index (χ2v) is 6.07. The van der Waals surface area contributed by atoms with Crippen LogP contribution < -0.4 is 5.32 Å². The quantitative estimate of drug-likeness (QED) is 0.857. The van der Waals surface area contributed by atoms with E-state index < -0.39 is 0 Å². The van der Waals surface area contributed by atoms with Gasteiger partial charge in [-0.1, -0.05) is 37.3 Å². The minimum atomic E-state index is 0.668. The van der Waals surface area contributed by atoms with Crippen molar-refractivity contribution in [3.63, 3.8) is 0 Å². The maximum absolute atomic E-state index is 3.29. The number of benzene rings is 1. The maximum atomic E-state index is 3.29. The fourth-order valence-corrected chi connectivity index (χ4v) is 3.02. The first-order valence-corrected chi connectivity index (χ1v) is 7.85. The molecular weight excluding hydrogens is 246 g/mol. The Bertz CT molecular complexity index is 371. The van der Waals surface area contributed by atoms with Gasteiger partial charge in [0, 0.05) is 38.8 Å². The minimum Gasteiger partial charge on any atom is -0.319 e. The summed E-state index contributed by atoms with van der Waals surface area (Å²) in [5, 5.41) is 3.29. The molecule has 1 aliphatic rings. The van der Waals surface area contributed by atoms with Crippen molar-refractivity contribution in [1.29, 1.82) is 0 Å². The molecule has 1 fully saturated rings. The predicted molar refractivity (Wildman–Crippen MR) is 85.8 cm³/mol. The molecule has 1 aromatic rings. The van der Waals surface area contributed by atoms with Gasteiger partial charge in [-0.05, 0) is 32.0 Å². The summed E-state index contributed by atoms with van der Waals surface area (Å²) in [6.45, 7) is 11.7. The summed E-state index contributed by atoms with van der Waals surface area (Å²) in [4.78, 5) is 5.21. The van der Waals surface area contributed by atoms with Gasteiger partial charge in [-0.15, -0.1) is 0 Å². The Labute approximate surface area is 124 Å². The fraction of sp³-hybridized carbons (Fsp3) is 0.647. The largest absolute Gasteiger partial charge is 0.319 e. The molecule has 1 aromatic carbocycles. The van der Waals surface area contributed by atoms with Gasteiger partial charge in [-0.25, -0.2) is 0 Å². The molecule has 112 valence electrons. The smallest absolute Gasteiger partial charge is 0.0234 e. The summed E-state index contributed by atoms with van der Waals surface area (Å²) in [7, 11) is 2.04. The molecule has 0 bridgehead atoms. The van der Waals surface area contributed by atoms with Crippen molar-refractivity contribution in [2.75, 3.05) is 39.8 Å². The van der Waals surface area contributed by atoms with E-state index in [1.807, 2.05) is 7.05 Å². The highest BCUT2D eigenvalue weighted by molar-refractivity contribution is 5.14. The second-order valence-electron chi connectivity index (χ2n) is 6.07. The first kappa shape index (κ1) is 15.5. The molecule has 0 saturated carbocycles. The van der Waals surface area contributed by atoms with Gasteiger partial charge in [-0.3, -0.25) is 9.80 Å². The predicted octanol–water partition coefficient (Wildman–Crippen LogP) is 2.05. The highest BCUT2D eigenvalue weighted by atomic mass is 15.3. The molecule has 3 heteroatoms. The summed E-state index contributed by atoms with van der Waals surface area (Å²) in [5.74, 6) is 0.709. The number of rotatable bonds is 6. The Balaban J connectivity index is 1.77. The third kappa shape index (κ3) is 4.30. The lowest BCUT2D eigenvalue weighted by Gasteiger charge is -2.40. The summed E-state index contributed by atoms with van der Waals surface area (Å²) < 4.78 is 0. The molecule has 0 aliphatic carbocycles. The zero-order valence-corrected chi connectivity index (χ0v) is 13.2. The standard InChI is InChI=1S/C17H29N3/c1-15(13-18-3)16(2)20-11-9-19(10-12-20)14-17-7-5-4-6-8-17/h4-8,15-16,18H,9-14H2,1-3H3. The molecule has 0 amide bonds. The van der Waals surface area contributed by atoms with Crippen LogP contribution in [-0.2, 0) is 6.54 Å². The van der Waals surface area contributed by atoms with Gasteiger partial charge in [0.25, 0.3) is 0 Å².